The topological polar surface area (TPSA) is 3.24 Å². The van der Waals surface area contributed by atoms with Gasteiger partial charge in [0.2, 0.25) is 0 Å². The molecule has 0 spiro atoms. The van der Waals surface area contributed by atoms with E-state index in [0.29, 0.717) is 0 Å². The van der Waals surface area contributed by atoms with Gasteiger partial charge in [-0.25, -0.2) is 0 Å². The highest BCUT2D eigenvalue weighted by atomic mass is 79.9. The molecule has 12 heavy (non-hydrogen) atoms. The maximum atomic E-state index is 3.48. The van der Waals surface area contributed by atoms with Gasteiger partial charge in [0.25, 0.3) is 0 Å². The molecule has 0 radical (unpaired) electrons. The quantitative estimate of drug-likeness (QED) is 0.678. The summed E-state index contributed by atoms with van der Waals surface area (Å²) in [5.74, 6) is 0. The highest BCUT2D eigenvalue weighted by Crippen LogP contribution is 2.10. The molecule has 1 aliphatic heterocycles. The molecular formula is C10H20BrN. The van der Waals surface area contributed by atoms with Crippen molar-refractivity contribution in [3.63, 3.8) is 0 Å². The monoisotopic (exact) mass is 233 g/mol. The first kappa shape index (κ1) is 10.5. The molecule has 1 heterocycles. The molecular weight excluding hydrogens is 214 g/mol. The molecule has 0 unspecified atom stereocenters. The van der Waals surface area contributed by atoms with Crippen LogP contribution >= 0.6 is 15.9 Å². The van der Waals surface area contributed by atoms with Crippen LogP contribution in [0.2, 0.25) is 0 Å². The van der Waals surface area contributed by atoms with Gasteiger partial charge in [0.15, 0.2) is 0 Å². The number of likely N-dealkylation sites (tertiary alicyclic amines) is 1. The third-order valence-electron chi connectivity index (χ3n) is 2.56. The van der Waals surface area contributed by atoms with Crippen LogP contribution in [0.3, 0.4) is 0 Å². The molecule has 0 atom stereocenters. The number of hydrogen-bond acceptors (Lipinski definition) is 1. The normalized spacial score (nSPS) is 21.8. The summed E-state index contributed by atoms with van der Waals surface area (Å²) in [4.78, 5) is 2.63. The Morgan fingerprint density at radius 2 is 1.50 bits per heavy atom. The predicted octanol–water partition coefficient (Wildman–Crippen LogP) is 3.04. The largest absolute Gasteiger partial charge is 0.303 e. The van der Waals surface area contributed by atoms with Gasteiger partial charge in [-0.05, 0) is 38.9 Å². The Labute approximate surface area is 84.6 Å². The maximum Gasteiger partial charge on any atom is 0.00434 e. The van der Waals surface area contributed by atoms with Crippen LogP contribution in [0.5, 0.6) is 0 Å². The van der Waals surface area contributed by atoms with E-state index >= 15 is 0 Å². The number of nitrogens with zero attached hydrogens (tertiary/aromatic N) is 1. The predicted molar refractivity (Wildman–Crippen MR) is 57.9 cm³/mol. The highest BCUT2D eigenvalue weighted by molar-refractivity contribution is 9.09. The molecule has 0 N–H and O–H groups in total. The molecule has 0 aromatic heterocycles. The van der Waals surface area contributed by atoms with E-state index in [4.69, 9.17) is 0 Å². The average Bonchev–Trinajstić information content (AvgIpc) is 2.02. The van der Waals surface area contributed by atoms with E-state index in [0.717, 1.165) is 5.33 Å². The molecule has 1 rings (SSSR count). The number of hydrogen-bond donors (Lipinski definition) is 0. The van der Waals surface area contributed by atoms with Gasteiger partial charge in [0, 0.05) is 5.33 Å². The Balaban J connectivity index is 2.11. The van der Waals surface area contributed by atoms with Crippen LogP contribution in [0, 0.1) is 0 Å². The summed E-state index contributed by atoms with van der Waals surface area (Å²) in [7, 11) is 0. The molecule has 1 saturated heterocycles. The van der Waals surface area contributed by atoms with Gasteiger partial charge < -0.3 is 4.90 Å². The lowest BCUT2D eigenvalue weighted by Gasteiger charge is -2.23. The van der Waals surface area contributed by atoms with Crippen LogP contribution in [0.4, 0.5) is 0 Å². The molecule has 72 valence electrons. The number of rotatable bonds is 3. The van der Waals surface area contributed by atoms with E-state index in [1.54, 1.807) is 0 Å². The van der Waals surface area contributed by atoms with E-state index in [9.17, 15) is 0 Å². The Hall–Kier alpha value is 0.440. The van der Waals surface area contributed by atoms with Crippen molar-refractivity contribution >= 4 is 15.9 Å². The third-order valence-corrected chi connectivity index (χ3v) is 3.12. The van der Waals surface area contributed by atoms with Crippen LogP contribution in [0.1, 0.15) is 38.5 Å². The summed E-state index contributed by atoms with van der Waals surface area (Å²) < 4.78 is 0. The van der Waals surface area contributed by atoms with E-state index < -0.39 is 0 Å². The third kappa shape index (κ3) is 4.46. The molecule has 0 aromatic carbocycles. The van der Waals surface area contributed by atoms with Crippen molar-refractivity contribution in [3.8, 4) is 0 Å². The minimum Gasteiger partial charge on any atom is -0.303 e. The van der Waals surface area contributed by atoms with Crippen molar-refractivity contribution in [1.82, 2.24) is 4.90 Å². The Bertz CT molecular complexity index is 95.3. The molecule has 0 aromatic rings. The van der Waals surface area contributed by atoms with Crippen LogP contribution in [0.25, 0.3) is 0 Å². The van der Waals surface area contributed by atoms with Crippen molar-refractivity contribution in [2.75, 3.05) is 25.0 Å². The first-order valence-electron chi connectivity index (χ1n) is 5.22. The van der Waals surface area contributed by atoms with Crippen molar-refractivity contribution in [3.05, 3.63) is 0 Å². The number of alkyl halides is 1. The second-order valence-corrected chi connectivity index (χ2v) is 4.44. The molecule has 1 nitrogen and oxygen atoms in total. The molecule has 0 aliphatic carbocycles. The summed E-state index contributed by atoms with van der Waals surface area (Å²) in [6, 6.07) is 0. The SMILES string of the molecule is BrCCCN1CCCCCCC1. The first-order chi connectivity index (χ1) is 5.93. The summed E-state index contributed by atoms with van der Waals surface area (Å²) in [6.45, 7) is 3.98. The molecule has 0 saturated carbocycles. The second-order valence-electron chi connectivity index (χ2n) is 3.65. The molecule has 0 bridgehead atoms. The molecule has 1 fully saturated rings. The summed E-state index contributed by atoms with van der Waals surface area (Å²) >= 11 is 3.48. The average molecular weight is 234 g/mol. The van der Waals surface area contributed by atoms with Gasteiger partial charge in [-0.15, -0.1) is 0 Å². The zero-order valence-electron chi connectivity index (χ0n) is 7.90. The van der Waals surface area contributed by atoms with Gasteiger partial charge in [-0.2, -0.15) is 0 Å². The summed E-state index contributed by atoms with van der Waals surface area (Å²) in [5.41, 5.74) is 0. The fourth-order valence-corrected chi connectivity index (χ4v) is 2.07. The van der Waals surface area contributed by atoms with Gasteiger partial charge in [0.05, 0.1) is 0 Å². The van der Waals surface area contributed by atoms with Crippen molar-refractivity contribution < 1.29 is 0 Å². The lowest BCUT2D eigenvalue weighted by atomic mass is 10.1. The summed E-state index contributed by atoms with van der Waals surface area (Å²) in [5, 5.41) is 1.16. The van der Waals surface area contributed by atoms with Crippen LogP contribution < -0.4 is 0 Å². The van der Waals surface area contributed by atoms with E-state index in [1.807, 2.05) is 0 Å². The lowest BCUT2D eigenvalue weighted by Crippen LogP contribution is -2.28. The summed E-state index contributed by atoms with van der Waals surface area (Å²) in [6.07, 6.45) is 8.51. The Morgan fingerprint density at radius 3 is 2.08 bits per heavy atom. The van der Waals surface area contributed by atoms with Crippen molar-refractivity contribution in [1.29, 1.82) is 0 Å². The molecule has 2 heteroatoms. The Morgan fingerprint density at radius 1 is 0.917 bits per heavy atom. The van der Waals surface area contributed by atoms with E-state index in [1.165, 1.54) is 58.2 Å². The lowest BCUT2D eigenvalue weighted by molar-refractivity contribution is 0.249. The zero-order chi connectivity index (χ0) is 8.65. The number of halogens is 1. The van der Waals surface area contributed by atoms with Crippen LogP contribution in [0.15, 0.2) is 0 Å². The van der Waals surface area contributed by atoms with Crippen molar-refractivity contribution in [2.45, 2.75) is 38.5 Å². The zero-order valence-corrected chi connectivity index (χ0v) is 9.48. The van der Waals surface area contributed by atoms with Crippen molar-refractivity contribution in [2.24, 2.45) is 0 Å². The first-order valence-corrected chi connectivity index (χ1v) is 6.34. The highest BCUT2D eigenvalue weighted by Gasteiger charge is 2.06. The van der Waals surface area contributed by atoms with Gasteiger partial charge in [-0.3, -0.25) is 0 Å². The minimum atomic E-state index is 1.16. The standard InChI is InChI=1S/C10H20BrN/c11-7-6-10-12-8-4-2-1-3-5-9-12/h1-10H2. The minimum absolute atomic E-state index is 1.16. The fourth-order valence-electron chi connectivity index (χ4n) is 1.82. The smallest absolute Gasteiger partial charge is 0.00434 e. The van der Waals surface area contributed by atoms with Gasteiger partial charge >= 0.3 is 0 Å². The molecule has 1 aliphatic rings. The Kier molecular flexibility index (Phi) is 6.05. The van der Waals surface area contributed by atoms with Crippen LogP contribution in [-0.4, -0.2) is 29.9 Å². The molecule has 0 amide bonds. The second kappa shape index (κ2) is 6.90. The van der Waals surface area contributed by atoms with Gasteiger partial charge in [0.1, 0.15) is 0 Å². The van der Waals surface area contributed by atoms with E-state index in [-0.39, 0.29) is 0 Å². The fraction of sp³-hybridized carbons (Fsp3) is 1.00. The van der Waals surface area contributed by atoms with Crippen LogP contribution in [-0.2, 0) is 0 Å². The maximum absolute atomic E-state index is 3.48. The van der Waals surface area contributed by atoms with Gasteiger partial charge in [-0.1, -0.05) is 35.2 Å². The van der Waals surface area contributed by atoms with E-state index in [2.05, 4.69) is 20.8 Å².